The van der Waals surface area contributed by atoms with Gasteiger partial charge in [0.05, 0.1) is 20.3 Å². The van der Waals surface area contributed by atoms with Crippen LogP contribution in [-0.2, 0) is 11.3 Å². The summed E-state index contributed by atoms with van der Waals surface area (Å²) in [5.41, 5.74) is 1.60. The van der Waals surface area contributed by atoms with E-state index in [2.05, 4.69) is 24.4 Å². The standard InChI is InChI=1S/C20H31NO3/c1-4-24-19-13-18(20(19)10-6-5-7-11-20)21-14-15-8-9-16(22-2)17(12-15)23-3/h8-9,12,18-19,21H,4-7,10-11,13-14H2,1-3H3/t18-,19+/m0/s1. The molecule has 4 nitrogen and oxygen atoms in total. The molecule has 24 heavy (non-hydrogen) atoms. The third-order valence-corrected chi connectivity index (χ3v) is 5.94. The van der Waals surface area contributed by atoms with E-state index in [9.17, 15) is 0 Å². The van der Waals surface area contributed by atoms with E-state index in [1.807, 2.05) is 6.07 Å². The Bertz CT molecular complexity index is 540. The van der Waals surface area contributed by atoms with Gasteiger partial charge in [0, 0.05) is 24.6 Å². The molecule has 0 amide bonds. The second-order valence-corrected chi connectivity index (χ2v) is 7.10. The molecule has 0 saturated heterocycles. The van der Waals surface area contributed by atoms with Crippen molar-refractivity contribution in [2.75, 3.05) is 20.8 Å². The molecule has 2 aliphatic carbocycles. The van der Waals surface area contributed by atoms with E-state index in [4.69, 9.17) is 14.2 Å². The van der Waals surface area contributed by atoms with Gasteiger partial charge in [-0.2, -0.15) is 0 Å². The summed E-state index contributed by atoms with van der Waals surface area (Å²) < 4.78 is 16.8. The molecule has 3 rings (SSSR count). The van der Waals surface area contributed by atoms with Crippen LogP contribution in [0.3, 0.4) is 0 Å². The molecule has 1 spiro atoms. The Morgan fingerprint density at radius 2 is 1.83 bits per heavy atom. The minimum atomic E-state index is 0.366. The van der Waals surface area contributed by atoms with E-state index in [-0.39, 0.29) is 0 Å². The first-order valence-electron chi connectivity index (χ1n) is 9.29. The zero-order valence-electron chi connectivity index (χ0n) is 15.3. The van der Waals surface area contributed by atoms with Crippen LogP contribution in [0.25, 0.3) is 0 Å². The van der Waals surface area contributed by atoms with Crippen LogP contribution in [0.15, 0.2) is 18.2 Å². The van der Waals surface area contributed by atoms with Gasteiger partial charge in [0.2, 0.25) is 0 Å². The van der Waals surface area contributed by atoms with Crippen molar-refractivity contribution in [3.8, 4) is 11.5 Å². The Morgan fingerprint density at radius 3 is 2.50 bits per heavy atom. The maximum Gasteiger partial charge on any atom is 0.161 e. The third-order valence-electron chi connectivity index (χ3n) is 5.94. The summed E-state index contributed by atoms with van der Waals surface area (Å²) in [5, 5.41) is 3.80. The molecule has 0 heterocycles. The highest BCUT2D eigenvalue weighted by atomic mass is 16.5. The number of rotatable bonds is 7. The Kier molecular flexibility index (Phi) is 5.67. The molecule has 2 fully saturated rings. The largest absolute Gasteiger partial charge is 0.493 e. The summed E-state index contributed by atoms with van der Waals surface area (Å²) >= 11 is 0. The van der Waals surface area contributed by atoms with E-state index in [0.717, 1.165) is 31.1 Å². The van der Waals surface area contributed by atoms with Crippen molar-refractivity contribution in [3.63, 3.8) is 0 Å². The first-order chi connectivity index (χ1) is 11.7. The third kappa shape index (κ3) is 3.27. The van der Waals surface area contributed by atoms with Gasteiger partial charge in [-0.3, -0.25) is 0 Å². The lowest BCUT2D eigenvalue weighted by atomic mass is 9.55. The van der Waals surface area contributed by atoms with Gasteiger partial charge in [0.15, 0.2) is 11.5 Å². The van der Waals surface area contributed by atoms with Crippen LogP contribution in [0, 0.1) is 5.41 Å². The first-order valence-corrected chi connectivity index (χ1v) is 9.29. The van der Waals surface area contributed by atoms with Crippen LogP contribution in [0.2, 0.25) is 0 Å². The average Bonchev–Trinajstić information content (AvgIpc) is 2.64. The van der Waals surface area contributed by atoms with Crippen molar-refractivity contribution in [1.29, 1.82) is 0 Å². The van der Waals surface area contributed by atoms with Gasteiger partial charge in [0.1, 0.15) is 0 Å². The molecule has 0 radical (unpaired) electrons. The van der Waals surface area contributed by atoms with Crippen LogP contribution >= 0.6 is 0 Å². The Morgan fingerprint density at radius 1 is 1.08 bits per heavy atom. The average molecular weight is 333 g/mol. The fourth-order valence-electron chi connectivity index (χ4n) is 4.58. The van der Waals surface area contributed by atoms with Crippen molar-refractivity contribution in [1.82, 2.24) is 5.32 Å². The maximum atomic E-state index is 6.04. The summed E-state index contributed by atoms with van der Waals surface area (Å²) in [6.07, 6.45) is 8.27. The minimum Gasteiger partial charge on any atom is -0.493 e. The van der Waals surface area contributed by atoms with Crippen molar-refractivity contribution in [3.05, 3.63) is 23.8 Å². The predicted molar refractivity (Wildman–Crippen MR) is 95.7 cm³/mol. The van der Waals surface area contributed by atoms with Crippen molar-refractivity contribution >= 4 is 0 Å². The molecule has 134 valence electrons. The second-order valence-electron chi connectivity index (χ2n) is 7.10. The van der Waals surface area contributed by atoms with Crippen LogP contribution in [-0.4, -0.2) is 33.0 Å². The number of nitrogens with one attached hydrogen (secondary N) is 1. The zero-order chi connectivity index (χ0) is 17.0. The molecule has 2 aliphatic rings. The van der Waals surface area contributed by atoms with Gasteiger partial charge in [-0.05, 0) is 43.9 Å². The normalized spacial score (nSPS) is 25.3. The zero-order valence-corrected chi connectivity index (χ0v) is 15.3. The highest BCUT2D eigenvalue weighted by Crippen LogP contribution is 2.53. The summed E-state index contributed by atoms with van der Waals surface area (Å²) in [5.74, 6) is 1.58. The van der Waals surface area contributed by atoms with Crippen LogP contribution < -0.4 is 14.8 Å². The Balaban J connectivity index is 1.63. The number of ether oxygens (including phenoxy) is 3. The molecule has 2 atom stereocenters. The molecule has 2 saturated carbocycles. The minimum absolute atomic E-state index is 0.366. The first kappa shape index (κ1) is 17.6. The van der Waals surface area contributed by atoms with Gasteiger partial charge < -0.3 is 19.5 Å². The Labute approximate surface area is 145 Å². The van der Waals surface area contributed by atoms with Crippen LogP contribution in [0.4, 0.5) is 0 Å². The number of hydrogen-bond acceptors (Lipinski definition) is 4. The fraction of sp³-hybridized carbons (Fsp3) is 0.700. The maximum absolute atomic E-state index is 6.04. The molecule has 0 unspecified atom stereocenters. The molecule has 1 aromatic carbocycles. The number of methoxy groups -OCH3 is 2. The van der Waals surface area contributed by atoms with E-state index in [1.165, 1.54) is 37.7 Å². The van der Waals surface area contributed by atoms with Crippen molar-refractivity contribution < 1.29 is 14.2 Å². The lowest BCUT2D eigenvalue weighted by molar-refractivity contribution is -0.150. The van der Waals surface area contributed by atoms with E-state index in [0.29, 0.717) is 17.6 Å². The topological polar surface area (TPSA) is 39.7 Å². The molecule has 1 N–H and O–H groups in total. The quantitative estimate of drug-likeness (QED) is 0.821. The molecular formula is C20H31NO3. The SMILES string of the molecule is CCO[C@@H]1C[C@H](NCc2ccc(OC)c(OC)c2)C12CCCCC2. The predicted octanol–water partition coefficient (Wildman–Crippen LogP) is 3.92. The Hall–Kier alpha value is -1.26. The summed E-state index contributed by atoms with van der Waals surface area (Å²) in [6.45, 7) is 3.81. The second kappa shape index (κ2) is 7.75. The number of hydrogen-bond donors (Lipinski definition) is 1. The van der Waals surface area contributed by atoms with Gasteiger partial charge in [-0.15, -0.1) is 0 Å². The van der Waals surface area contributed by atoms with E-state index >= 15 is 0 Å². The summed E-state index contributed by atoms with van der Waals surface area (Å²) in [4.78, 5) is 0. The van der Waals surface area contributed by atoms with Crippen LogP contribution in [0.5, 0.6) is 11.5 Å². The van der Waals surface area contributed by atoms with Gasteiger partial charge in [-0.25, -0.2) is 0 Å². The molecular weight excluding hydrogens is 302 g/mol. The summed E-state index contributed by atoms with van der Waals surface area (Å²) in [6, 6.07) is 6.73. The molecule has 0 aliphatic heterocycles. The lowest BCUT2D eigenvalue weighted by Crippen LogP contribution is -2.64. The molecule has 4 heteroatoms. The van der Waals surface area contributed by atoms with Gasteiger partial charge in [-0.1, -0.05) is 25.3 Å². The highest BCUT2D eigenvalue weighted by molar-refractivity contribution is 5.42. The molecule has 1 aromatic rings. The van der Waals surface area contributed by atoms with E-state index in [1.54, 1.807) is 14.2 Å². The van der Waals surface area contributed by atoms with Gasteiger partial charge >= 0.3 is 0 Å². The van der Waals surface area contributed by atoms with Crippen molar-refractivity contribution in [2.24, 2.45) is 5.41 Å². The van der Waals surface area contributed by atoms with E-state index < -0.39 is 0 Å². The lowest BCUT2D eigenvalue weighted by Gasteiger charge is -2.58. The summed E-state index contributed by atoms with van der Waals surface area (Å²) in [7, 11) is 3.36. The van der Waals surface area contributed by atoms with Gasteiger partial charge in [0.25, 0.3) is 0 Å². The monoisotopic (exact) mass is 333 g/mol. The van der Waals surface area contributed by atoms with Crippen LogP contribution in [0.1, 0.15) is 51.0 Å². The number of benzene rings is 1. The molecule has 0 aromatic heterocycles. The molecule has 0 bridgehead atoms. The smallest absolute Gasteiger partial charge is 0.161 e. The van der Waals surface area contributed by atoms with Crippen molar-refractivity contribution in [2.45, 2.75) is 64.1 Å². The fourth-order valence-corrected chi connectivity index (χ4v) is 4.58. The highest BCUT2D eigenvalue weighted by Gasteiger charge is 2.55.